The molecule has 0 N–H and O–H groups in total. The number of ether oxygens (including phenoxy) is 2. The number of hydrogen-bond acceptors (Lipinski definition) is 5. The molecule has 1 aromatic heterocycles. The molecule has 0 bridgehead atoms. The van der Waals surface area contributed by atoms with Gasteiger partial charge in [0, 0.05) is 26.2 Å². The van der Waals surface area contributed by atoms with Gasteiger partial charge in [0.25, 0.3) is 5.91 Å². The van der Waals surface area contributed by atoms with Gasteiger partial charge in [-0.2, -0.15) is 13.2 Å². The van der Waals surface area contributed by atoms with Crippen molar-refractivity contribution < 1.29 is 32.2 Å². The number of rotatable bonds is 3. The number of alkyl halides is 3. The number of amides is 2. The molecule has 1 unspecified atom stereocenters. The standard InChI is InChI=1S/C23H21F3N4O4/c24-23(25,26)22-27-15-5-1-2-6-16(15)30(22)13-20(31)28-9-11-29(12-10-28)21(32)19-14-33-17-7-3-4-8-18(17)34-19/h1-8,19H,9-14H2. The summed E-state index contributed by atoms with van der Waals surface area (Å²) in [5.74, 6) is -0.750. The zero-order valence-electron chi connectivity index (χ0n) is 18.0. The van der Waals surface area contributed by atoms with Crippen LogP contribution in [0.5, 0.6) is 11.5 Å². The van der Waals surface area contributed by atoms with Gasteiger partial charge < -0.3 is 23.8 Å². The van der Waals surface area contributed by atoms with E-state index in [0.717, 1.165) is 4.57 Å². The van der Waals surface area contributed by atoms with Gasteiger partial charge in [0.2, 0.25) is 17.8 Å². The number of carbonyl (C=O) groups is 2. The molecule has 0 spiro atoms. The Balaban J connectivity index is 1.23. The van der Waals surface area contributed by atoms with Crippen LogP contribution in [-0.2, 0) is 22.3 Å². The largest absolute Gasteiger partial charge is 0.485 e. The van der Waals surface area contributed by atoms with Crippen molar-refractivity contribution in [1.29, 1.82) is 0 Å². The van der Waals surface area contributed by atoms with Crippen molar-refractivity contribution in [1.82, 2.24) is 19.4 Å². The molecule has 178 valence electrons. The quantitative estimate of drug-likeness (QED) is 0.583. The monoisotopic (exact) mass is 474 g/mol. The lowest BCUT2D eigenvalue weighted by molar-refractivity contribution is -0.150. The first kappa shape index (κ1) is 22.1. The maximum Gasteiger partial charge on any atom is 0.449 e. The van der Waals surface area contributed by atoms with Crippen LogP contribution >= 0.6 is 0 Å². The summed E-state index contributed by atoms with van der Waals surface area (Å²) in [5, 5.41) is 0. The Labute approximate surface area is 192 Å². The third-order valence-corrected chi connectivity index (χ3v) is 5.93. The highest BCUT2D eigenvalue weighted by Gasteiger charge is 2.39. The Bertz CT molecular complexity index is 1230. The van der Waals surface area contributed by atoms with Gasteiger partial charge in [-0.1, -0.05) is 24.3 Å². The maximum atomic E-state index is 13.5. The summed E-state index contributed by atoms with van der Waals surface area (Å²) in [6.45, 7) is 0.528. The number of aromatic nitrogens is 2. The number of hydrogen-bond donors (Lipinski definition) is 0. The van der Waals surface area contributed by atoms with E-state index in [1.54, 1.807) is 35.2 Å². The Morgan fingerprint density at radius 2 is 1.59 bits per heavy atom. The smallest absolute Gasteiger partial charge is 0.449 e. The summed E-state index contributed by atoms with van der Waals surface area (Å²) in [4.78, 5) is 32.5. The predicted molar refractivity (Wildman–Crippen MR) is 114 cm³/mol. The van der Waals surface area contributed by atoms with Gasteiger partial charge in [-0.05, 0) is 24.3 Å². The average molecular weight is 474 g/mol. The van der Waals surface area contributed by atoms with Gasteiger partial charge in [0.05, 0.1) is 11.0 Å². The van der Waals surface area contributed by atoms with E-state index in [2.05, 4.69) is 4.98 Å². The van der Waals surface area contributed by atoms with Crippen LogP contribution in [0.2, 0.25) is 0 Å². The van der Waals surface area contributed by atoms with Crippen LogP contribution in [0.1, 0.15) is 5.82 Å². The van der Waals surface area contributed by atoms with Crippen molar-refractivity contribution in [3.05, 3.63) is 54.4 Å². The second kappa shape index (κ2) is 8.54. The lowest BCUT2D eigenvalue weighted by atomic mass is 10.2. The molecule has 0 radical (unpaired) electrons. The van der Waals surface area contributed by atoms with Crippen LogP contribution in [0.4, 0.5) is 13.2 Å². The highest BCUT2D eigenvalue weighted by atomic mass is 19.4. The van der Waals surface area contributed by atoms with Gasteiger partial charge in [-0.25, -0.2) is 4.98 Å². The molecule has 0 aliphatic carbocycles. The first-order valence-corrected chi connectivity index (χ1v) is 10.8. The molecule has 5 rings (SSSR count). The van der Waals surface area contributed by atoms with Crippen LogP contribution in [0.25, 0.3) is 11.0 Å². The van der Waals surface area contributed by atoms with Crippen molar-refractivity contribution in [2.24, 2.45) is 0 Å². The van der Waals surface area contributed by atoms with Crippen LogP contribution < -0.4 is 9.47 Å². The summed E-state index contributed by atoms with van der Waals surface area (Å²) in [6.07, 6.45) is -5.48. The molecule has 2 amide bonds. The first-order valence-electron chi connectivity index (χ1n) is 10.8. The minimum absolute atomic E-state index is 0.0862. The van der Waals surface area contributed by atoms with E-state index in [9.17, 15) is 22.8 Å². The molecule has 11 heteroatoms. The highest BCUT2D eigenvalue weighted by Crippen LogP contribution is 2.32. The molecule has 1 fully saturated rings. The molecule has 2 aliphatic heterocycles. The Morgan fingerprint density at radius 3 is 2.32 bits per heavy atom. The highest BCUT2D eigenvalue weighted by molar-refractivity contribution is 5.83. The maximum absolute atomic E-state index is 13.5. The van der Waals surface area contributed by atoms with E-state index in [-0.39, 0.29) is 49.7 Å². The topological polar surface area (TPSA) is 76.9 Å². The fourth-order valence-corrected chi connectivity index (χ4v) is 4.21. The predicted octanol–water partition coefficient (Wildman–Crippen LogP) is 2.57. The number of halogens is 3. The summed E-state index contributed by atoms with van der Waals surface area (Å²) in [6, 6.07) is 13.3. The van der Waals surface area contributed by atoms with Gasteiger partial charge in [-0.3, -0.25) is 9.59 Å². The SMILES string of the molecule is O=C(Cn1c(C(F)(F)F)nc2ccccc21)N1CCN(C(=O)C2COc3ccccc3O2)CC1. The molecular weight excluding hydrogens is 453 g/mol. The van der Waals surface area contributed by atoms with Crippen LogP contribution in [0.3, 0.4) is 0 Å². The van der Waals surface area contributed by atoms with Gasteiger partial charge in [0.1, 0.15) is 13.2 Å². The number of para-hydroxylation sites is 4. The fraction of sp³-hybridized carbons (Fsp3) is 0.348. The van der Waals surface area contributed by atoms with Crippen LogP contribution in [0, 0.1) is 0 Å². The molecule has 0 saturated carbocycles. The van der Waals surface area contributed by atoms with Crippen LogP contribution in [-0.4, -0.2) is 70.1 Å². The Hall–Kier alpha value is -3.76. The number of benzene rings is 2. The lowest BCUT2D eigenvalue weighted by Crippen LogP contribution is -2.55. The van der Waals surface area contributed by atoms with E-state index in [4.69, 9.17) is 9.47 Å². The Morgan fingerprint density at radius 1 is 0.941 bits per heavy atom. The van der Waals surface area contributed by atoms with E-state index >= 15 is 0 Å². The van der Waals surface area contributed by atoms with Gasteiger partial charge in [0.15, 0.2) is 11.5 Å². The van der Waals surface area contributed by atoms with Crippen molar-refractivity contribution in [3.8, 4) is 11.5 Å². The molecule has 3 aromatic rings. The van der Waals surface area contributed by atoms with Crippen LogP contribution in [0.15, 0.2) is 48.5 Å². The second-order valence-corrected chi connectivity index (χ2v) is 8.08. The second-order valence-electron chi connectivity index (χ2n) is 8.08. The van der Waals surface area contributed by atoms with Gasteiger partial charge >= 0.3 is 6.18 Å². The zero-order chi connectivity index (χ0) is 23.9. The molecule has 34 heavy (non-hydrogen) atoms. The Kier molecular flexibility index (Phi) is 5.54. The molecule has 1 saturated heterocycles. The summed E-state index contributed by atoms with van der Waals surface area (Å²) < 4.78 is 52.8. The van der Waals surface area contributed by atoms with Crippen molar-refractivity contribution in [2.75, 3.05) is 32.8 Å². The average Bonchev–Trinajstić information content (AvgIpc) is 3.22. The van der Waals surface area contributed by atoms with Gasteiger partial charge in [-0.15, -0.1) is 0 Å². The summed E-state index contributed by atoms with van der Waals surface area (Å²) in [5.41, 5.74) is 0.418. The minimum atomic E-state index is -4.69. The molecule has 2 aliphatic rings. The zero-order valence-corrected chi connectivity index (χ0v) is 18.0. The number of carbonyl (C=O) groups excluding carboxylic acids is 2. The van der Waals surface area contributed by atoms with Crippen molar-refractivity contribution >= 4 is 22.8 Å². The number of piperazine rings is 1. The third-order valence-electron chi connectivity index (χ3n) is 5.93. The molecular formula is C23H21F3N4O4. The lowest BCUT2D eigenvalue weighted by Gasteiger charge is -2.37. The molecule has 8 nitrogen and oxygen atoms in total. The summed E-state index contributed by atoms with van der Waals surface area (Å²) >= 11 is 0. The fourth-order valence-electron chi connectivity index (χ4n) is 4.21. The molecule has 2 aromatic carbocycles. The molecule has 3 heterocycles. The van der Waals surface area contributed by atoms with E-state index in [1.165, 1.54) is 17.0 Å². The number of fused-ring (bicyclic) bond motifs is 2. The van der Waals surface area contributed by atoms with Crippen molar-refractivity contribution in [3.63, 3.8) is 0 Å². The van der Waals surface area contributed by atoms with E-state index in [0.29, 0.717) is 11.5 Å². The number of nitrogens with zero attached hydrogens (tertiary/aromatic N) is 4. The number of imidazole rings is 1. The normalized spacial score (nSPS) is 18.3. The third kappa shape index (κ3) is 4.13. The molecule has 1 atom stereocenters. The van der Waals surface area contributed by atoms with E-state index in [1.807, 2.05) is 6.07 Å². The first-order chi connectivity index (χ1) is 16.3. The van der Waals surface area contributed by atoms with Crippen molar-refractivity contribution in [2.45, 2.75) is 18.8 Å². The van der Waals surface area contributed by atoms with E-state index < -0.39 is 30.6 Å². The summed E-state index contributed by atoms with van der Waals surface area (Å²) in [7, 11) is 0. The minimum Gasteiger partial charge on any atom is -0.485 e.